The lowest BCUT2D eigenvalue weighted by Crippen LogP contribution is -2.28. The van der Waals surface area contributed by atoms with Crippen molar-refractivity contribution in [3.8, 4) is 5.69 Å². The van der Waals surface area contributed by atoms with Crippen molar-refractivity contribution in [2.75, 3.05) is 12.8 Å². The first kappa shape index (κ1) is 20.4. The van der Waals surface area contributed by atoms with Gasteiger partial charge in [-0.3, -0.25) is 9.36 Å². The van der Waals surface area contributed by atoms with Crippen LogP contribution in [0.2, 0.25) is 5.02 Å². The predicted molar refractivity (Wildman–Crippen MR) is 114 cm³/mol. The molecule has 0 fully saturated rings. The van der Waals surface area contributed by atoms with Crippen LogP contribution in [0.1, 0.15) is 22.5 Å². The molecule has 3 rings (SSSR count). The molecule has 1 amide bonds. The van der Waals surface area contributed by atoms with E-state index in [4.69, 9.17) is 11.6 Å². The minimum absolute atomic E-state index is 0.0121. The number of aryl methyl sites for hydroxylation is 3. The third kappa shape index (κ3) is 4.56. The lowest BCUT2D eigenvalue weighted by molar-refractivity contribution is -0.127. The maximum absolute atomic E-state index is 12.6. The highest BCUT2D eigenvalue weighted by Crippen LogP contribution is 2.25. The Bertz CT molecular complexity index is 1000. The summed E-state index contributed by atoms with van der Waals surface area (Å²) in [5.41, 5.74) is 4.28. The highest BCUT2D eigenvalue weighted by Gasteiger charge is 2.17. The number of hydrogen-bond acceptors (Lipinski definition) is 4. The van der Waals surface area contributed by atoms with Crippen molar-refractivity contribution in [3.05, 3.63) is 70.0 Å². The zero-order chi connectivity index (χ0) is 20.3. The number of rotatable bonds is 6. The van der Waals surface area contributed by atoms with Crippen molar-refractivity contribution >= 4 is 29.3 Å². The molecule has 1 aromatic heterocycles. The van der Waals surface area contributed by atoms with Gasteiger partial charge in [-0.15, -0.1) is 10.2 Å². The Morgan fingerprint density at radius 2 is 1.89 bits per heavy atom. The summed E-state index contributed by atoms with van der Waals surface area (Å²) in [6.07, 6.45) is 0. The largest absolute Gasteiger partial charge is 0.341 e. The van der Waals surface area contributed by atoms with Gasteiger partial charge in [0.1, 0.15) is 5.82 Å². The van der Waals surface area contributed by atoms with Crippen molar-refractivity contribution < 1.29 is 4.79 Å². The lowest BCUT2D eigenvalue weighted by atomic mass is 10.1. The fraction of sp³-hybridized carbons (Fsp3) is 0.286. The first-order chi connectivity index (χ1) is 13.4. The quantitative estimate of drug-likeness (QED) is 0.553. The van der Waals surface area contributed by atoms with E-state index in [-0.39, 0.29) is 11.7 Å². The number of benzene rings is 2. The Balaban J connectivity index is 1.72. The Labute approximate surface area is 174 Å². The fourth-order valence-corrected chi connectivity index (χ4v) is 4.01. The Kier molecular flexibility index (Phi) is 6.42. The number of carbonyl (C=O) groups excluding carboxylic acids is 1. The third-order valence-electron chi connectivity index (χ3n) is 4.52. The van der Waals surface area contributed by atoms with Crippen molar-refractivity contribution in [2.24, 2.45) is 0 Å². The van der Waals surface area contributed by atoms with E-state index in [2.05, 4.69) is 42.2 Å². The molecule has 3 aromatic rings. The second-order valence-corrected chi connectivity index (χ2v) is 8.13. The molecule has 0 atom stereocenters. The highest BCUT2D eigenvalue weighted by atomic mass is 35.5. The summed E-state index contributed by atoms with van der Waals surface area (Å²) >= 11 is 7.59. The monoisotopic (exact) mass is 414 g/mol. The van der Waals surface area contributed by atoms with E-state index in [0.29, 0.717) is 16.7 Å². The van der Waals surface area contributed by atoms with Gasteiger partial charge in [-0.25, -0.2) is 0 Å². The molecule has 0 spiro atoms. The highest BCUT2D eigenvalue weighted by molar-refractivity contribution is 7.99. The van der Waals surface area contributed by atoms with Gasteiger partial charge < -0.3 is 4.90 Å². The first-order valence-corrected chi connectivity index (χ1v) is 10.3. The van der Waals surface area contributed by atoms with Gasteiger partial charge in [0.2, 0.25) is 5.91 Å². The van der Waals surface area contributed by atoms with Crippen LogP contribution in [-0.4, -0.2) is 38.4 Å². The van der Waals surface area contributed by atoms with Gasteiger partial charge in [-0.1, -0.05) is 53.7 Å². The molecule has 5 nitrogen and oxygen atoms in total. The van der Waals surface area contributed by atoms with E-state index in [1.807, 2.05) is 35.8 Å². The molecular formula is C21H23ClN4OS. The second kappa shape index (κ2) is 8.80. The zero-order valence-electron chi connectivity index (χ0n) is 16.4. The average Bonchev–Trinajstić information content (AvgIpc) is 3.04. The number of hydrogen-bond donors (Lipinski definition) is 0. The first-order valence-electron chi connectivity index (χ1n) is 8.96. The van der Waals surface area contributed by atoms with Crippen LogP contribution >= 0.6 is 23.4 Å². The second-order valence-electron chi connectivity index (χ2n) is 6.79. The van der Waals surface area contributed by atoms with Gasteiger partial charge in [0.05, 0.1) is 11.4 Å². The summed E-state index contributed by atoms with van der Waals surface area (Å²) in [6, 6.07) is 13.8. The fourth-order valence-electron chi connectivity index (χ4n) is 2.88. The SMILES string of the molecule is Cc1ccc(C)c(-n2c(C)nnc2SCC(=O)N(C)Cc2ccccc2Cl)c1. The van der Waals surface area contributed by atoms with Crippen LogP contribution in [0, 0.1) is 20.8 Å². The number of nitrogens with zero attached hydrogens (tertiary/aromatic N) is 4. The normalized spacial score (nSPS) is 10.9. The van der Waals surface area contributed by atoms with Gasteiger partial charge >= 0.3 is 0 Å². The van der Waals surface area contributed by atoms with Crippen LogP contribution in [0.3, 0.4) is 0 Å². The minimum Gasteiger partial charge on any atom is -0.341 e. The molecule has 0 unspecified atom stereocenters. The number of aromatic nitrogens is 3. The van der Waals surface area contributed by atoms with Crippen LogP contribution in [0.15, 0.2) is 47.6 Å². The molecule has 0 bridgehead atoms. The number of halogens is 1. The van der Waals surface area contributed by atoms with Crippen molar-refractivity contribution in [3.63, 3.8) is 0 Å². The smallest absolute Gasteiger partial charge is 0.233 e. The van der Waals surface area contributed by atoms with Gasteiger partial charge in [0, 0.05) is 18.6 Å². The summed E-state index contributed by atoms with van der Waals surface area (Å²) in [5, 5.41) is 9.87. The van der Waals surface area contributed by atoms with Gasteiger partial charge in [-0.05, 0) is 49.6 Å². The zero-order valence-corrected chi connectivity index (χ0v) is 18.0. The van der Waals surface area contributed by atoms with E-state index in [9.17, 15) is 4.79 Å². The van der Waals surface area contributed by atoms with Crippen LogP contribution in [0.5, 0.6) is 0 Å². The van der Waals surface area contributed by atoms with E-state index < -0.39 is 0 Å². The van der Waals surface area contributed by atoms with E-state index in [1.54, 1.807) is 11.9 Å². The summed E-state index contributed by atoms with van der Waals surface area (Å²) in [4.78, 5) is 14.3. The van der Waals surface area contributed by atoms with Crippen LogP contribution in [-0.2, 0) is 11.3 Å². The average molecular weight is 415 g/mol. The van der Waals surface area contributed by atoms with Crippen LogP contribution in [0.25, 0.3) is 5.69 Å². The number of carbonyl (C=O) groups is 1. The summed E-state index contributed by atoms with van der Waals surface area (Å²) in [6.45, 7) is 6.51. The van der Waals surface area contributed by atoms with E-state index >= 15 is 0 Å². The molecule has 146 valence electrons. The van der Waals surface area contributed by atoms with E-state index in [0.717, 1.165) is 22.6 Å². The Hall–Kier alpha value is -2.31. The van der Waals surface area contributed by atoms with Crippen molar-refractivity contribution in [1.82, 2.24) is 19.7 Å². The molecule has 0 aliphatic carbocycles. The molecule has 0 aliphatic rings. The molecule has 1 heterocycles. The standard InChI is InChI=1S/C21H23ClN4OS/c1-14-9-10-15(2)19(11-14)26-16(3)23-24-21(26)28-13-20(27)25(4)12-17-7-5-6-8-18(17)22/h5-11H,12-13H2,1-4H3. The Morgan fingerprint density at radius 1 is 1.14 bits per heavy atom. The van der Waals surface area contributed by atoms with E-state index in [1.165, 1.54) is 17.3 Å². The molecule has 0 saturated heterocycles. The molecule has 0 aliphatic heterocycles. The molecule has 0 saturated carbocycles. The van der Waals surface area contributed by atoms with Gasteiger partial charge in [0.25, 0.3) is 0 Å². The van der Waals surface area contributed by atoms with Crippen molar-refractivity contribution in [2.45, 2.75) is 32.5 Å². The van der Waals surface area contributed by atoms with Crippen molar-refractivity contribution in [1.29, 1.82) is 0 Å². The summed E-state index contributed by atoms with van der Waals surface area (Å²) < 4.78 is 2.01. The minimum atomic E-state index is 0.0121. The number of amides is 1. The van der Waals surface area contributed by atoms with Gasteiger partial charge in [0.15, 0.2) is 5.16 Å². The molecular weight excluding hydrogens is 392 g/mol. The maximum atomic E-state index is 12.6. The predicted octanol–water partition coefficient (Wildman–Crippen LogP) is 4.60. The molecule has 28 heavy (non-hydrogen) atoms. The lowest BCUT2D eigenvalue weighted by Gasteiger charge is -2.18. The molecule has 0 radical (unpaired) electrons. The van der Waals surface area contributed by atoms with Crippen LogP contribution < -0.4 is 0 Å². The topological polar surface area (TPSA) is 51.0 Å². The molecule has 7 heteroatoms. The number of thioether (sulfide) groups is 1. The van der Waals surface area contributed by atoms with Gasteiger partial charge in [-0.2, -0.15) is 0 Å². The molecule has 0 N–H and O–H groups in total. The summed E-state index contributed by atoms with van der Waals surface area (Å²) in [5.74, 6) is 1.09. The third-order valence-corrected chi connectivity index (χ3v) is 5.80. The Morgan fingerprint density at radius 3 is 2.64 bits per heavy atom. The summed E-state index contributed by atoms with van der Waals surface area (Å²) in [7, 11) is 1.78. The maximum Gasteiger partial charge on any atom is 0.233 e. The van der Waals surface area contributed by atoms with Crippen LogP contribution in [0.4, 0.5) is 0 Å². The molecule has 2 aromatic carbocycles.